The molecule has 3 aliphatic rings. The quantitative estimate of drug-likeness (QED) is 0.355. The molecule has 3 fully saturated rings. The van der Waals surface area contributed by atoms with Gasteiger partial charge in [0.1, 0.15) is 6.33 Å². The van der Waals surface area contributed by atoms with Crippen LogP contribution in [0.2, 0.25) is 0 Å². The van der Waals surface area contributed by atoms with E-state index < -0.39 is 58.4 Å². The molecule has 6 nitrogen and oxygen atoms in total. The molecule has 39 heavy (non-hydrogen) atoms. The highest BCUT2D eigenvalue weighted by Crippen LogP contribution is 2.59. The average molecular weight is 575 g/mol. The molecule has 0 spiro atoms. The molecular formula is C26H25ClF6N4O2. The summed E-state index contributed by atoms with van der Waals surface area (Å²) < 4.78 is 83.5. The van der Waals surface area contributed by atoms with Gasteiger partial charge in [0.2, 0.25) is 0 Å². The highest BCUT2D eigenvalue weighted by molar-refractivity contribution is 6.32. The molecule has 0 radical (unpaired) electrons. The Hall–Kier alpha value is -2.89. The molecule has 2 amide bonds. The van der Waals surface area contributed by atoms with Crippen LogP contribution >= 0.6 is 11.6 Å². The highest BCUT2D eigenvalue weighted by atomic mass is 35.5. The van der Waals surface area contributed by atoms with E-state index in [2.05, 4.69) is 15.3 Å². The molecule has 2 unspecified atom stereocenters. The van der Waals surface area contributed by atoms with Crippen LogP contribution in [0.3, 0.4) is 0 Å². The van der Waals surface area contributed by atoms with Crippen molar-refractivity contribution in [3.8, 4) is 0 Å². The summed E-state index contributed by atoms with van der Waals surface area (Å²) in [7, 11) is 0. The molecule has 5 atom stereocenters. The Morgan fingerprint density at radius 1 is 1.10 bits per heavy atom. The van der Waals surface area contributed by atoms with Crippen LogP contribution < -0.4 is 10.2 Å². The normalized spacial score (nSPS) is 26.9. The smallest absolute Gasteiger partial charge is 0.351 e. The third-order valence-electron chi connectivity index (χ3n) is 8.53. The number of hydrogen-bond donors (Lipinski definition) is 1. The van der Waals surface area contributed by atoms with Crippen LogP contribution in [-0.4, -0.2) is 45.6 Å². The van der Waals surface area contributed by atoms with Crippen molar-refractivity contribution in [2.75, 3.05) is 4.90 Å². The van der Waals surface area contributed by atoms with E-state index >= 15 is 0 Å². The van der Waals surface area contributed by atoms with Crippen LogP contribution in [0.4, 0.5) is 32.0 Å². The summed E-state index contributed by atoms with van der Waals surface area (Å²) in [5.41, 5.74) is -6.69. The molecule has 5 rings (SSSR count). The SMILES string of the molecule is C[C@](C(=O)N[C@H]1CC2CC1CC2(F)F)(c1cncnc1)N(C(=O)[C@H](F)Cl)c1ccc(C2(C(F)(F)F)CC2)cc1. The van der Waals surface area contributed by atoms with Crippen LogP contribution in [0.25, 0.3) is 0 Å². The lowest BCUT2D eigenvalue weighted by Gasteiger charge is -2.41. The molecule has 1 aromatic carbocycles. The molecule has 2 aromatic rings. The first kappa shape index (κ1) is 27.7. The van der Waals surface area contributed by atoms with E-state index in [1.807, 2.05) is 0 Å². The first-order valence-corrected chi connectivity index (χ1v) is 12.9. The summed E-state index contributed by atoms with van der Waals surface area (Å²) in [6.07, 6.45) is -1.11. The second-order valence-corrected chi connectivity index (χ2v) is 11.2. The van der Waals surface area contributed by atoms with Gasteiger partial charge in [-0.3, -0.25) is 14.5 Å². The van der Waals surface area contributed by atoms with Gasteiger partial charge in [-0.2, -0.15) is 13.2 Å². The Morgan fingerprint density at radius 2 is 1.72 bits per heavy atom. The molecule has 210 valence electrons. The molecular weight excluding hydrogens is 550 g/mol. The number of nitrogens with one attached hydrogen (secondary N) is 1. The summed E-state index contributed by atoms with van der Waals surface area (Å²) in [4.78, 5) is 35.7. The first-order chi connectivity index (χ1) is 18.2. The van der Waals surface area contributed by atoms with Gasteiger partial charge in [-0.25, -0.2) is 23.1 Å². The maximum Gasteiger partial charge on any atom is 0.398 e. The van der Waals surface area contributed by atoms with Crippen LogP contribution in [0.1, 0.15) is 50.2 Å². The fourth-order valence-electron chi connectivity index (χ4n) is 6.10. The monoisotopic (exact) mass is 574 g/mol. The van der Waals surface area contributed by atoms with Crippen molar-refractivity contribution in [1.82, 2.24) is 15.3 Å². The van der Waals surface area contributed by atoms with Gasteiger partial charge in [0.15, 0.2) is 5.54 Å². The predicted molar refractivity (Wildman–Crippen MR) is 129 cm³/mol. The summed E-state index contributed by atoms with van der Waals surface area (Å²) in [6.45, 7) is 1.30. The molecule has 3 aliphatic carbocycles. The molecule has 3 saturated carbocycles. The molecule has 13 heteroatoms. The van der Waals surface area contributed by atoms with Gasteiger partial charge < -0.3 is 5.32 Å². The molecule has 1 aromatic heterocycles. The molecule has 2 bridgehead atoms. The number of carbonyl (C=O) groups excluding carboxylic acids is 2. The van der Waals surface area contributed by atoms with Gasteiger partial charge in [0, 0.05) is 42.0 Å². The topological polar surface area (TPSA) is 75.2 Å². The van der Waals surface area contributed by atoms with E-state index in [1.165, 1.54) is 49.9 Å². The van der Waals surface area contributed by atoms with Gasteiger partial charge >= 0.3 is 6.18 Å². The van der Waals surface area contributed by atoms with Crippen LogP contribution in [0, 0.1) is 11.8 Å². The molecule has 1 heterocycles. The van der Waals surface area contributed by atoms with Crippen molar-refractivity contribution in [3.05, 3.63) is 54.1 Å². The zero-order chi connectivity index (χ0) is 28.4. The standard InChI is InChI=1S/C26H25ClF6N4O2/c1-23(17-11-34-13-35-12-17,22(39)36-19-9-16-8-14(19)10-25(16,29)30)37(21(38)20(27)28)18-4-2-15(3-5-18)24(6-7-24)26(31,32)33/h2-5,11-14,16,19-20H,6-10H2,1H3,(H,36,39)/t14?,16?,19-,20-,23+/m0/s1. The Bertz CT molecular complexity index is 1260. The summed E-state index contributed by atoms with van der Waals surface area (Å²) >= 11 is 5.54. The Morgan fingerprint density at radius 3 is 2.18 bits per heavy atom. The van der Waals surface area contributed by atoms with Gasteiger partial charge in [-0.1, -0.05) is 23.7 Å². The predicted octanol–water partition coefficient (Wildman–Crippen LogP) is 5.40. The van der Waals surface area contributed by atoms with Gasteiger partial charge in [-0.15, -0.1) is 0 Å². The number of halogens is 7. The summed E-state index contributed by atoms with van der Waals surface area (Å²) in [5.74, 6) is -6.34. The Kier molecular flexibility index (Phi) is 6.63. The zero-order valence-electron chi connectivity index (χ0n) is 20.7. The molecule has 0 saturated heterocycles. The van der Waals surface area contributed by atoms with Crippen LogP contribution in [0.15, 0.2) is 43.0 Å². The van der Waals surface area contributed by atoms with E-state index in [9.17, 15) is 35.9 Å². The van der Waals surface area contributed by atoms with E-state index in [0.29, 0.717) is 0 Å². The lowest BCUT2D eigenvalue weighted by atomic mass is 9.87. The summed E-state index contributed by atoms with van der Waals surface area (Å²) in [6, 6.07) is 4.17. The Balaban J connectivity index is 1.54. The van der Waals surface area contributed by atoms with E-state index in [4.69, 9.17) is 11.6 Å². The van der Waals surface area contributed by atoms with Gasteiger partial charge in [0.25, 0.3) is 23.4 Å². The number of alkyl halides is 7. The fourth-order valence-corrected chi connectivity index (χ4v) is 6.20. The third kappa shape index (κ3) is 4.54. The number of carbonyl (C=O) groups is 2. The fraction of sp³-hybridized carbons (Fsp3) is 0.538. The maximum absolute atomic E-state index is 14.4. The van der Waals surface area contributed by atoms with Crippen molar-refractivity contribution in [1.29, 1.82) is 0 Å². The zero-order valence-corrected chi connectivity index (χ0v) is 21.4. The maximum atomic E-state index is 14.4. The van der Waals surface area contributed by atoms with E-state index in [1.54, 1.807) is 0 Å². The number of hydrogen-bond acceptors (Lipinski definition) is 4. The second kappa shape index (κ2) is 9.35. The number of rotatable bonds is 7. The number of fused-ring (bicyclic) bond motifs is 2. The first-order valence-electron chi connectivity index (χ1n) is 12.4. The third-order valence-corrected chi connectivity index (χ3v) is 8.72. The minimum atomic E-state index is -4.47. The van der Waals surface area contributed by atoms with Gasteiger partial charge in [0.05, 0.1) is 5.41 Å². The molecule has 0 aliphatic heterocycles. The number of aromatic nitrogens is 2. The number of benzene rings is 1. The van der Waals surface area contributed by atoms with Crippen molar-refractivity contribution in [2.45, 2.75) is 73.8 Å². The summed E-state index contributed by atoms with van der Waals surface area (Å²) in [5, 5.41) is 2.76. The minimum Gasteiger partial charge on any atom is -0.351 e. The van der Waals surface area contributed by atoms with Crippen molar-refractivity contribution in [3.63, 3.8) is 0 Å². The average Bonchev–Trinajstić information content (AvgIpc) is 3.54. The second-order valence-electron chi connectivity index (χ2n) is 10.8. The van der Waals surface area contributed by atoms with Crippen molar-refractivity contribution in [2.24, 2.45) is 11.8 Å². The van der Waals surface area contributed by atoms with E-state index in [-0.39, 0.29) is 48.9 Å². The lowest BCUT2D eigenvalue weighted by molar-refractivity contribution is -0.160. The lowest BCUT2D eigenvalue weighted by Crippen LogP contribution is -2.60. The Labute approximate surface area is 225 Å². The minimum absolute atomic E-state index is 0.0223. The van der Waals surface area contributed by atoms with Crippen LogP contribution in [-0.2, 0) is 20.5 Å². The highest BCUT2D eigenvalue weighted by Gasteiger charge is 2.64. The van der Waals surface area contributed by atoms with Crippen molar-refractivity contribution >= 4 is 29.1 Å². The van der Waals surface area contributed by atoms with Gasteiger partial charge in [-0.05, 0) is 56.2 Å². The number of anilines is 1. The largest absolute Gasteiger partial charge is 0.398 e. The number of amides is 2. The van der Waals surface area contributed by atoms with E-state index in [0.717, 1.165) is 4.90 Å². The van der Waals surface area contributed by atoms with Crippen molar-refractivity contribution < 1.29 is 35.9 Å². The van der Waals surface area contributed by atoms with Crippen LogP contribution in [0.5, 0.6) is 0 Å². The number of nitrogens with zero attached hydrogens (tertiary/aromatic N) is 3. The molecule has 1 N–H and O–H groups in total.